The number of benzene rings is 3. The van der Waals surface area contributed by atoms with Crippen molar-refractivity contribution in [3.05, 3.63) is 82.9 Å². The molecule has 0 spiro atoms. The van der Waals surface area contributed by atoms with Gasteiger partial charge in [0.05, 0.1) is 12.7 Å². The molecule has 0 bridgehead atoms. The van der Waals surface area contributed by atoms with Gasteiger partial charge in [0.1, 0.15) is 5.75 Å². The van der Waals surface area contributed by atoms with Crippen molar-refractivity contribution in [1.82, 2.24) is 0 Å². The van der Waals surface area contributed by atoms with Crippen molar-refractivity contribution in [1.29, 1.82) is 0 Å². The van der Waals surface area contributed by atoms with Crippen LogP contribution in [0.4, 0.5) is 17.1 Å². The highest BCUT2D eigenvalue weighted by molar-refractivity contribution is 5.97. The number of carbonyl (C=O) groups excluding carboxylic acids is 1. The number of carbonyl (C=O) groups is 1. The lowest BCUT2D eigenvalue weighted by Gasteiger charge is -2.33. The van der Waals surface area contributed by atoms with Crippen LogP contribution in [0, 0.1) is 0 Å². The van der Waals surface area contributed by atoms with Crippen LogP contribution in [0.2, 0.25) is 0 Å². The summed E-state index contributed by atoms with van der Waals surface area (Å²) in [7, 11) is 9.61. The third-order valence-corrected chi connectivity index (χ3v) is 6.85. The zero-order valence-corrected chi connectivity index (χ0v) is 21.8. The van der Waals surface area contributed by atoms with E-state index in [4.69, 9.17) is 9.47 Å². The highest BCUT2D eigenvalue weighted by Gasteiger charge is 2.50. The first kappa shape index (κ1) is 24.5. The van der Waals surface area contributed by atoms with E-state index in [0.717, 1.165) is 46.8 Å². The molecule has 3 aromatic carbocycles. The zero-order valence-electron chi connectivity index (χ0n) is 21.8. The number of hydrogen-bond acceptors (Lipinski definition) is 6. The van der Waals surface area contributed by atoms with Crippen molar-refractivity contribution >= 4 is 23.0 Å². The van der Waals surface area contributed by atoms with Gasteiger partial charge >= 0.3 is 5.97 Å². The van der Waals surface area contributed by atoms with Crippen molar-refractivity contribution in [2.24, 2.45) is 0 Å². The van der Waals surface area contributed by atoms with Gasteiger partial charge in [-0.1, -0.05) is 18.2 Å². The Labute approximate surface area is 208 Å². The van der Waals surface area contributed by atoms with Crippen LogP contribution >= 0.6 is 0 Å². The summed E-state index contributed by atoms with van der Waals surface area (Å²) in [6.45, 7) is 6.05. The number of rotatable bonds is 8. The van der Waals surface area contributed by atoms with Crippen LogP contribution in [-0.4, -0.2) is 54.4 Å². The van der Waals surface area contributed by atoms with Crippen LogP contribution in [0.15, 0.2) is 60.7 Å². The van der Waals surface area contributed by atoms with Crippen LogP contribution in [0.3, 0.4) is 0 Å². The molecule has 0 fully saturated rings. The van der Waals surface area contributed by atoms with E-state index in [1.165, 1.54) is 0 Å². The van der Waals surface area contributed by atoms with Crippen molar-refractivity contribution in [3.63, 3.8) is 0 Å². The molecule has 35 heavy (non-hydrogen) atoms. The molecule has 0 saturated carbocycles. The molecule has 3 aromatic rings. The van der Waals surface area contributed by atoms with Crippen LogP contribution in [0.5, 0.6) is 5.75 Å². The van der Waals surface area contributed by atoms with Crippen molar-refractivity contribution in [3.8, 4) is 5.75 Å². The molecular weight excluding hydrogens is 438 g/mol. The van der Waals surface area contributed by atoms with E-state index in [2.05, 4.69) is 24.8 Å². The molecule has 1 aliphatic rings. The minimum atomic E-state index is -1.12. The van der Waals surface area contributed by atoms with Gasteiger partial charge in [0, 0.05) is 81.1 Å². The van der Waals surface area contributed by atoms with Gasteiger partial charge in [0.2, 0.25) is 0 Å². The first-order valence-electron chi connectivity index (χ1n) is 12.0. The van der Waals surface area contributed by atoms with E-state index in [-0.39, 0.29) is 5.97 Å². The van der Waals surface area contributed by atoms with Gasteiger partial charge in [-0.25, -0.2) is 4.79 Å². The summed E-state index contributed by atoms with van der Waals surface area (Å²) in [5, 5.41) is 0. The van der Waals surface area contributed by atoms with E-state index < -0.39 is 5.60 Å². The van der Waals surface area contributed by atoms with E-state index in [9.17, 15) is 4.79 Å². The summed E-state index contributed by atoms with van der Waals surface area (Å²) in [6.07, 6.45) is 0. The molecule has 0 amide bonds. The Balaban J connectivity index is 1.99. The first-order chi connectivity index (χ1) is 16.8. The van der Waals surface area contributed by atoms with Crippen molar-refractivity contribution in [2.75, 3.05) is 63.1 Å². The summed E-state index contributed by atoms with van der Waals surface area (Å²) in [4.78, 5) is 19.6. The topological polar surface area (TPSA) is 45.2 Å². The molecule has 1 aliphatic heterocycles. The largest absolute Gasteiger partial charge is 0.496 e. The van der Waals surface area contributed by atoms with Gasteiger partial charge < -0.3 is 24.2 Å². The Kier molecular flexibility index (Phi) is 6.66. The molecule has 0 N–H and O–H groups in total. The number of nitrogens with zero attached hydrogens (tertiary/aromatic N) is 3. The molecule has 0 aliphatic carbocycles. The number of esters is 1. The Bertz CT molecular complexity index is 1220. The number of anilines is 3. The maximum Gasteiger partial charge on any atom is 0.340 e. The molecule has 6 nitrogen and oxygen atoms in total. The summed E-state index contributed by atoms with van der Waals surface area (Å²) >= 11 is 0. The molecule has 0 aromatic heterocycles. The lowest BCUT2D eigenvalue weighted by atomic mass is 9.79. The first-order valence-corrected chi connectivity index (χ1v) is 12.0. The highest BCUT2D eigenvalue weighted by Crippen LogP contribution is 2.51. The second-order valence-electron chi connectivity index (χ2n) is 9.19. The van der Waals surface area contributed by atoms with Gasteiger partial charge in [-0.2, -0.15) is 0 Å². The quantitative estimate of drug-likeness (QED) is 0.423. The highest BCUT2D eigenvalue weighted by atomic mass is 16.6. The second-order valence-corrected chi connectivity index (χ2v) is 9.19. The van der Waals surface area contributed by atoms with Gasteiger partial charge in [-0.05, 0) is 50.2 Å². The summed E-state index contributed by atoms with van der Waals surface area (Å²) < 4.78 is 12.3. The molecule has 1 atom stereocenters. The number of methoxy groups -OCH3 is 1. The predicted molar refractivity (Wildman–Crippen MR) is 143 cm³/mol. The maximum absolute atomic E-state index is 13.3. The van der Waals surface area contributed by atoms with Crippen LogP contribution in [-0.2, 0) is 10.3 Å². The fourth-order valence-corrected chi connectivity index (χ4v) is 4.86. The molecular formula is C29H35N3O3. The van der Waals surface area contributed by atoms with E-state index in [1.54, 1.807) is 7.11 Å². The van der Waals surface area contributed by atoms with Crippen LogP contribution in [0.1, 0.15) is 40.9 Å². The minimum Gasteiger partial charge on any atom is -0.496 e. The standard InChI is InChI=1S/C29H35N3O3/c1-8-32(9-2)23-15-17-26(27(19-23)34-7)29(20-10-12-21(13-11-20)30(3)4)25-16-14-22(31(5)6)18-24(25)28(33)35-29/h10-19H,8-9H2,1-7H3. The molecule has 1 unspecified atom stereocenters. The molecule has 0 radical (unpaired) electrons. The second kappa shape index (κ2) is 9.53. The Morgan fingerprint density at radius 3 is 1.91 bits per heavy atom. The van der Waals surface area contributed by atoms with E-state index >= 15 is 0 Å². The zero-order chi connectivity index (χ0) is 25.3. The molecule has 4 rings (SSSR count). The van der Waals surface area contributed by atoms with Crippen LogP contribution < -0.4 is 19.4 Å². The lowest BCUT2D eigenvalue weighted by Crippen LogP contribution is -2.30. The number of cyclic esters (lactones) is 1. The summed E-state index contributed by atoms with van der Waals surface area (Å²) in [5.41, 5.74) is 5.04. The van der Waals surface area contributed by atoms with Gasteiger partial charge in [-0.15, -0.1) is 0 Å². The van der Waals surface area contributed by atoms with E-state index in [1.807, 2.05) is 92.6 Å². The van der Waals surface area contributed by atoms with Gasteiger partial charge in [-0.3, -0.25) is 0 Å². The predicted octanol–water partition coefficient (Wildman–Crippen LogP) is 5.14. The lowest BCUT2D eigenvalue weighted by molar-refractivity contribution is 0.0245. The monoisotopic (exact) mass is 473 g/mol. The van der Waals surface area contributed by atoms with Gasteiger partial charge in [0.25, 0.3) is 0 Å². The fourth-order valence-electron chi connectivity index (χ4n) is 4.86. The molecule has 6 heteroatoms. The van der Waals surface area contributed by atoms with Crippen LogP contribution in [0.25, 0.3) is 0 Å². The minimum absolute atomic E-state index is 0.338. The van der Waals surface area contributed by atoms with Gasteiger partial charge in [0.15, 0.2) is 5.60 Å². The third kappa shape index (κ3) is 4.07. The number of fused-ring (bicyclic) bond motifs is 1. The Morgan fingerprint density at radius 2 is 1.34 bits per heavy atom. The van der Waals surface area contributed by atoms with E-state index in [0.29, 0.717) is 11.3 Å². The Hall–Kier alpha value is -3.67. The number of hydrogen-bond donors (Lipinski definition) is 0. The molecule has 184 valence electrons. The smallest absolute Gasteiger partial charge is 0.340 e. The average Bonchev–Trinajstić information content (AvgIpc) is 3.17. The summed E-state index contributed by atoms with van der Waals surface area (Å²) in [5.74, 6) is 0.346. The summed E-state index contributed by atoms with van der Waals surface area (Å²) in [6, 6.07) is 20.3. The molecule has 1 heterocycles. The molecule has 0 saturated heterocycles. The SMILES string of the molecule is CCN(CC)c1ccc(C2(c3ccc(N(C)C)cc3)OC(=O)c3cc(N(C)C)ccc32)c(OC)c1. The Morgan fingerprint density at radius 1 is 0.771 bits per heavy atom. The van der Waals surface area contributed by atoms with Crippen molar-refractivity contribution < 1.29 is 14.3 Å². The fraction of sp³-hybridized carbons (Fsp3) is 0.345. The maximum atomic E-state index is 13.3. The van der Waals surface area contributed by atoms with Crippen molar-refractivity contribution in [2.45, 2.75) is 19.4 Å². The average molecular weight is 474 g/mol. The normalized spacial score (nSPS) is 16.5. The third-order valence-electron chi connectivity index (χ3n) is 6.85. The number of ether oxygens (including phenoxy) is 2.